The van der Waals surface area contributed by atoms with Crippen molar-refractivity contribution in [2.75, 3.05) is 7.11 Å². The average Bonchev–Trinajstić information content (AvgIpc) is 2.41. The summed E-state index contributed by atoms with van der Waals surface area (Å²) in [6.45, 7) is 1.97. The van der Waals surface area contributed by atoms with Gasteiger partial charge in [-0.1, -0.05) is 12.1 Å². The lowest BCUT2D eigenvalue weighted by Gasteiger charge is -2.11. The highest BCUT2D eigenvalue weighted by molar-refractivity contribution is 6.20. The molecule has 19 heavy (non-hydrogen) atoms. The van der Waals surface area contributed by atoms with Gasteiger partial charge in [-0.3, -0.25) is 4.98 Å². The van der Waals surface area contributed by atoms with Gasteiger partial charge in [-0.25, -0.2) is 4.39 Å². The Morgan fingerprint density at radius 3 is 2.68 bits per heavy atom. The normalized spacial score (nSPS) is 12.2. The first-order valence-corrected chi connectivity index (χ1v) is 6.43. The number of ether oxygens (including phenoxy) is 1. The predicted octanol–water partition coefficient (Wildman–Crippen LogP) is 4.06. The van der Waals surface area contributed by atoms with Crippen molar-refractivity contribution in [1.82, 2.24) is 4.98 Å². The maximum Gasteiger partial charge on any atom is 0.131 e. The smallest absolute Gasteiger partial charge is 0.131 e. The molecule has 0 saturated heterocycles. The van der Waals surface area contributed by atoms with Crippen LogP contribution in [0.15, 0.2) is 36.5 Å². The van der Waals surface area contributed by atoms with Crippen LogP contribution in [0.5, 0.6) is 5.75 Å². The molecule has 1 heterocycles. The van der Waals surface area contributed by atoms with Gasteiger partial charge in [-0.2, -0.15) is 0 Å². The second-order valence-corrected chi connectivity index (χ2v) is 4.91. The minimum Gasteiger partial charge on any atom is -0.497 e. The minimum atomic E-state index is -0.443. The lowest BCUT2D eigenvalue weighted by Crippen LogP contribution is -2.01. The van der Waals surface area contributed by atoms with Crippen LogP contribution < -0.4 is 4.74 Å². The second kappa shape index (κ2) is 6.02. The first kappa shape index (κ1) is 13.8. The standard InChI is InChI=1S/C15H15ClFNO/c1-10-3-4-11(18-9-10)7-14(16)13-6-5-12(19-2)8-15(13)17/h3-6,8-9,14H,7H2,1-2H3. The summed E-state index contributed by atoms with van der Waals surface area (Å²) in [7, 11) is 1.50. The van der Waals surface area contributed by atoms with Gasteiger partial charge in [-0.15, -0.1) is 11.6 Å². The second-order valence-electron chi connectivity index (χ2n) is 4.39. The number of rotatable bonds is 4. The largest absolute Gasteiger partial charge is 0.497 e. The molecule has 0 bridgehead atoms. The van der Waals surface area contributed by atoms with Crippen LogP contribution in [0.25, 0.3) is 0 Å². The zero-order valence-corrected chi connectivity index (χ0v) is 11.6. The summed E-state index contributed by atoms with van der Waals surface area (Å²) < 4.78 is 18.8. The van der Waals surface area contributed by atoms with Crippen LogP contribution in [0.4, 0.5) is 4.39 Å². The summed E-state index contributed by atoms with van der Waals surface area (Å²) in [6, 6.07) is 8.58. The van der Waals surface area contributed by atoms with Gasteiger partial charge in [0.2, 0.25) is 0 Å². The number of aryl methyl sites for hydroxylation is 1. The van der Waals surface area contributed by atoms with Crippen LogP contribution in [0.3, 0.4) is 0 Å². The van der Waals surface area contributed by atoms with E-state index in [1.165, 1.54) is 13.2 Å². The van der Waals surface area contributed by atoms with Crippen molar-refractivity contribution in [2.45, 2.75) is 18.7 Å². The molecule has 0 fully saturated rings. The Bertz CT molecular complexity index is 557. The molecule has 4 heteroatoms. The van der Waals surface area contributed by atoms with Gasteiger partial charge >= 0.3 is 0 Å². The fraction of sp³-hybridized carbons (Fsp3) is 0.267. The zero-order valence-electron chi connectivity index (χ0n) is 10.9. The van der Waals surface area contributed by atoms with E-state index in [1.807, 2.05) is 19.1 Å². The summed E-state index contributed by atoms with van der Waals surface area (Å²) in [5.41, 5.74) is 2.40. The molecule has 1 aromatic carbocycles. The topological polar surface area (TPSA) is 22.1 Å². The summed E-state index contributed by atoms with van der Waals surface area (Å²) >= 11 is 6.26. The summed E-state index contributed by atoms with van der Waals surface area (Å²) in [4.78, 5) is 4.28. The minimum absolute atomic E-state index is 0.355. The van der Waals surface area contributed by atoms with Crippen molar-refractivity contribution in [1.29, 1.82) is 0 Å². The zero-order chi connectivity index (χ0) is 13.8. The third kappa shape index (κ3) is 3.44. The van der Waals surface area contributed by atoms with E-state index in [4.69, 9.17) is 16.3 Å². The van der Waals surface area contributed by atoms with Gasteiger partial charge in [0.25, 0.3) is 0 Å². The molecule has 2 aromatic rings. The molecule has 1 unspecified atom stereocenters. The molecule has 0 aliphatic carbocycles. The molecular formula is C15H15ClFNO. The van der Waals surface area contributed by atoms with E-state index < -0.39 is 5.38 Å². The van der Waals surface area contributed by atoms with E-state index in [-0.39, 0.29) is 5.82 Å². The van der Waals surface area contributed by atoms with E-state index in [0.717, 1.165) is 11.3 Å². The SMILES string of the molecule is COc1ccc(C(Cl)Cc2ccc(C)cn2)c(F)c1. The fourth-order valence-electron chi connectivity index (χ4n) is 1.80. The lowest BCUT2D eigenvalue weighted by atomic mass is 10.1. The van der Waals surface area contributed by atoms with Gasteiger partial charge in [-0.05, 0) is 24.6 Å². The number of benzene rings is 1. The molecule has 0 amide bonds. The lowest BCUT2D eigenvalue weighted by molar-refractivity contribution is 0.410. The Hall–Kier alpha value is -1.61. The van der Waals surface area contributed by atoms with E-state index in [1.54, 1.807) is 18.3 Å². The van der Waals surface area contributed by atoms with Crippen molar-refractivity contribution in [3.63, 3.8) is 0 Å². The Morgan fingerprint density at radius 1 is 1.32 bits per heavy atom. The Kier molecular flexibility index (Phi) is 4.38. The molecule has 0 N–H and O–H groups in total. The summed E-state index contributed by atoms with van der Waals surface area (Å²) in [6.07, 6.45) is 2.27. The maximum absolute atomic E-state index is 13.9. The van der Waals surface area contributed by atoms with E-state index in [9.17, 15) is 4.39 Å². The highest BCUT2D eigenvalue weighted by atomic mass is 35.5. The van der Waals surface area contributed by atoms with Crippen LogP contribution in [0.2, 0.25) is 0 Å². The third-order valence-electron chi connectivity index (χ3n) is 2.91. The van der Waals surface area contributed by atoms with Gasteiger partial charge in [0.1, 0.15) is 11.6 Å². The molecule has 100 valence electrons. The summed E-state index contributed by atoms with van der Waals surface area (Å²) in [5, 5.41) is -0.443. The van der Waals surface area contributed by atoms with Crippen molar-refractivity contribution in [3.05, 3.63) is 59.2 Å². The van der Waals surface area contributed by atoms with E-state index >= 15 is 0 Å². The van der Waals surface area contributed by atoms with Crippen LogP contribution in [-0.4, -0.2) is 12.1 Å². The molecule has 1 atom stereocenters. The van der Waals surface area contributed by atoms with Gasteiger partial charge < -0.3 is 4.74 Å². The summed E-state index contributed by atoms with van der Waals surface area (Å²) in [5.74, 6) is 0.130. The van der Waals surface area contributed by atoms with Crippen molar-refractivity contribution in [2.24, 2.45) is 0 Å². The number of hydrogen-bond donors (Lipinski definition) is 0. The highest BCUT2D eigenvalue weighted by Gasteiger charge is 2.15. The molecule has 2 rings (SSSR count). The molecule has 0 saturated carbocycles. The Labute approximate surface area is 117 Å². The highest BCUT2D eigenvalue weighted by Crippen LogP contribution is 2.28. The molecular weight excluding hydrogens is 265 g/mol. The number of pyridine rings is 1. The number of methoxy groups -OCH3 is 1. The monoisotopic (exact) mass is 279 g/mol. The van der Waals surface area contributed by atoms with Crippen LogP contribution >= 0.6 is 11.6 Å². The van der Waals surface area contributed by atoms with Gasteiger partial charge in [0.15, 0.2) is 0 Å². The number of alkyl halides is 1. The van der Waals surface area contributed by atoms with Crippen molar-refractivity contribution >= 4 is 11.6 Å². The van der Waals surface area contributed by atoms with Crippen molar-refractivity contribution in [3.8, 4) is 5.75 Å². The third-order valence-corrected chi connectivity index (χ3v) is 3.30. The van der Waals surface area contributed by atoms with E-state index in [0.29, 0.717) is 17.7 Å². The quantitative estimate of drug-likeness (QED) is 0.788. The first-order valence-electron chi connectivity index (χ1n) is 5.99. The average molecular weight is 280 g/mol. The van der Waals surface area contributed by atoms with Crippen LogP contribution in [0, 0.1) is 12.7 Å². The number of hydrogen-bond acceptors (Lipinski definition) is 2. The number of nitrogens with zero attached hydrogens (tertiary/aromatic N) is 1. The predicted molar refractivity (Wildman–Crippen MR) is 74.2 cm³/mol. The number of halogens is 2. The van der Waals surface area contributed by atoms with Gasteiger partial charge in [0, 0.05) is 29.9 Å². The van der Waals surface area contributed by atoms with Crippen molar-refractivity contribution < 1.29 is 9.13 Å². The first-order chi connectivity index (χ1) is 9.10. The Balaban J connectivity index is 2.15. The van der Waals surface area contributed by atoms with Crippen LogP contribution in [0.1, 0.15) is 22.2 Å². The van der Waals surface area contributed by atoms with Crippen LogP contribution in [-0.2, 0) is 6.42 Å². The maximum atomic E-state index is 13.9. The molecule has 2 nitrogen and oxygen atoms in total. The fourth-order valence-corrected chi connectivity index (χ4v) is 2.14. The number of aromatic nitrogens is 1. The van der Waals surface area contributed by atoms with Gasteiger partial charge in [0.05, 0.1) is 12.5 Å². The molecule has 0 aliphatic rings. The van der Waals surface area contributed by atoms with E-state index in [2.05, 4.69) is 4.98 Å². The molecule has 0 aliphatic heterocycles. The Morgan fingerprint density at radius 2 is 2.11 bits per heavy atom. The molecule has 0 spiro atoms. The molecule has 0 radical (unpaired) electrons. The molecule has 1 aromatic heterocycles.